The predicted molar refractivity (Wildman–Crippen MR) is 244 cm³/mol. The molecule has 6 heteroatoms. The average Bonchev–Trinajstić information content (AvgIpc) is 3.91. The molecule has 6 nitrogen and oxygen atoms in total. The largest absolute Gasteiger partial charge is 0.435 e. The van der Waals surface area contributed by atoms with E-state index < -0.39 is 0 Å². The molecule has 9 aromatic carbocycles. The van der Waals surface area contributed by atoms with Gasteiger partial charge in [-0.2, -0.15) is 0 Å². The maximum Gasteiger partial charge on any atom is 0.227 e. The number of para-hydroxylation sites is 2. The van der Waals surface area contributed by atoms with Crippen LogP contribution in [-0.2, 0) is 0 Å². The van der Waals surface area contributed by atoms with Crippen molar-refractivity contribution in [1.29, 1.82) is 0 Å². The van der Waals surface area contributed by atoms with Gasteiger partial charge in [-0.25, -0.2) is 19.9 Å². The molecule has 12 aromatic rings. The van der Waals surface area contributed by atoms with Gasteiger partial charge in [0.05, 0.1) is 11.0 Å². The van der Waals surface area contributed by atoms with Crippen molar-refractivity contribution in [3.63, 3.8) is 0 Å². The van der Waals surface area contributed by atoms with Crippen LogP contribution in [0.4, 0.5) is 0 Å². The van der Waals surface area contributed by atoms with E-state index in [0.717, 1.165) is 88.1 Å². The van der Waals surface area contributed by atoms with Crippen LogP contribution in [0, 0.1) is 0 Å². The Bertz CT molecular complexity index is 3610. The summed E-state index contributed by atoms with van der Waals surface area (Å²) in [5.41, 5.74) is 10.5. The summed E-state index contributed by atoms with van der Waals surface area (Å²) in [5.74, 6) is 2.36. The van der Waals surface area contributed by atoms with Crippen molar-refractivity contribution < 1.29 is 4.42 Å². The number of benzene rings is 9. The molecule has 280 valence electrons. The zero-order valence-electron chi connectivity index (χ0n) is 32.2. The molecule has 0 amide bonds. The third-order valence-electron chi connectivity index (χ3n) is 11.5. The molecule has 0 fully saturated rings. The van der Waals surface area contributed by atoms with Gasteiger partial charge in [0.15, 0.2) is 23.1 Å². The minimum Gasteiger partial charge on any atom is -0.435 e. The van der Waals surface area contributed by atoms with Crippen LogP contribution in [-0.4, -0.2) is 24.5 Å². The zero-order chi connectivity index (χ0) is 39.6. The maximum absolute atomic E-state index is 6.61. The first kappa shape index (κ1) is 33.9. The normalized spacial score (nSPS) is 11.7. The Labute approximate surface area is 344 Å². The second-order valence-corrected chi connectivity index (χ2v) is 15.0. The highest BCUT2D eigenvalue weighted by molar-refractivity contribution is 6.13. The summed E-state index contributed by atoms with van der Waals surface area (Å²) in [6, 6.07) is 69.3. The van der Waals surface area contributed by atoms with Crippen LogP contribution in [0.2, 0.25) is 0 Å². The topological polar surface area (TPSA) is 69.6 Å². The van der Waals surface area contributed by atoms with E-state index in [0.29, 0.717) is 23.4 Å². The third-order valence-corrected chi connectivity index (χ3v) is 11.5. The SMILES string of the molecule is c1ccc(-c2nc3ccc4cccc(-c5ccccc5-c5nc(-c6ccc7ccccc7c6)nc(-c6ccc7c8ccccc8n(-c8ccccc8)c7c6)n5)c4c3o2)cc1. The van der Waals surface area contributed by atoms with E-state index in [1.807, 2.05) is 42.5 Å². The fourth-order valence-corrected chi connectivity index (χ4v) is 8.64. The highest BCUT2D eigenvalue weighted by atomic mass is 16.3. The summed E-state index contributed by atoms with van der Waals surface area (Å²) < 4.78 is 8.93. The molecule has 60 heavy (non-hydrogen) atoms. The molecule has 0 aliphatic heterocycles. The number of hydrogen-bond donors (Lipinski definition) is 0. The fraction of sp³-hybridized carbons (Fsp3) is 0. The van der Waals surface area contributed by atoms with E-state index >= 15 is 0 Å². The van der Waals surface area contributed by atoms with E-state index in [9.17, 15) is 0 Å². The van der Waals surface area contributed by atoms with Gasteiger partial charge in [0.2, 0.25) is 5.89 Å². The molecule has 3 heterocycles. The van der Waals surface area contributed by atoms with Crippen molar-refractivity contribution in [2.45, 2.75) is 0 Å². The Hall–Kier alpha value is -8.22. The first-order valence-electron chi connectivity index (χ1n) is 20.1. The van der Waals surface area contributed by atoms with E-state index in [-0.39, 0.29) is 0 Å². The molecule has 0 spiro atoms. The molecular formula is C54H33N5O. The van der Waals surface area contributed by atoms with Crippen molar-refractivity contribution in [1.82, 2.24) is 24.5 Å². The summed E-state index contributed by atoms with van der Waals surface area (Å²) in [6.07, 6.45) is 0. The number of hydrogen-bond acceptors (Lipinski definition) is 5. The van der Waals surface area contributed by atoms with Crippen LogP contribution in [0.5, 0.6) is 0 Å². The average molecular weight is 768 g/mol. The molecule has 0 saturated heterocycles. The lowest BCUT2D eigenvalue weighted by Gasteiger charge is -2.14. The van der Waals surface area contributed by atoms with Crippen LogP contribution in [0.25, 0.3) is 117 Å². The van der Waals surface area contributed by atoms with Crippen LogP contribution in [0.1, 0.15) is 0 Å². The molecule has 0 atom stereocenters. The van der Waals surface area contributed by atoms with Gasteiger partial charge in [-0.3, -0.25) is 0 Å². The first-order valence-corrected chi connectivity index (χ1v) is 20.1. The molecule has 0 radical (unpaired) electrons. The minimum absolute atomic E-state index is 0.578. The van der Waals surface area contributed by atoms with Gasteiger partial charge >= 0.3 is 0 Å². The summed E-state index contributed by atoms with van der Waals surface area (Å²) in [4.78, 5) is 20.8. The van der Waals surface area contributed by atoms with Crippen molar-refractivity contribution in [2.75, 3.05) is 0 Å². The van der Waals surface area contributed by atoms with Crippen LogP contribution >= 0.6 is 0 Å². The van der Waals surface area contributed by atoms with Gasteiger partial charge in [0.25, 0.3) is 0 Å². The number of fused-ring (bicyclic) bond motifs is 7. The molecule has 0 saturated carbocycles. The Morgan fingerprint density at radius 2 is 0.983 bits per heavy atom. The third kappa shape index (κ3) is 5.57. The molecule has 0 bridgehead atoms. The Morgan fingerprint density at radius 1 is 0.367 bits per heavy atom. The monoisotopic (exact) mass is 767 g/mol. The quantitative estimate of drug-likeness (QED) is 0.168. The standard InChI is InChI=1S/C54H33N5O/c1-3-15-36(16-4-1)54-55-46-31-29-35-18-13-24-44(49(35)50(46)60-54)41-21-9-10-23-45(41)53-57-51(38-27-26-34-14-7-8-17-37(34)32-38)56-52(58-53)39-28-30-43-42-22-11-12-25-47(42)59(48(43)33-39)40-19-5-2-6-20-40/h1-33H. The maximum atomic E-state index is 6.61. The summed E-state index contributed by atoms with van der Waals surface area (Å²) in [7, 11) is 0. The Morgan fingerprint density at radius 3 is 1.83 bits per heavy atom. The first-order chi connectivity index (χ1) is 29.7. The van der Waals surface area contributed by atoms with Gasteiger partial charge < -0.3 is 8.98 Å². The van der Waals surface area contributed by atoms with E-state index in [1.54, 1.807) is 0 Å². The highest BCUT2D eigenvalue weighted by Crippen LogP contribution is 2.41. The van der Waals surface area contributed by atoms with Crippen molar-refractivity contribution in [3.05, 3.63) is 200 Å². The van der Waals surface area contributed by atoms with Gasteiger partial charge in [0, 0.05) is 44.1 Å². The second kappa shape index (κ2) is 13.7. The molecule has 0 aliphatic rings. The molecule has 3 aromatic heterocycles. The lowest BCUT2D eigenvalue weighted by atomic mass is 9.93. The van der Waals surface area contributed by atoms with Gasteiger partial charge in [0.1, 0.15) is 5.52 Å². The predicted octanol–water partition coefficient (Wildman–Crippen LogP) is 13.8. The summed E-state index contributed by atoms with van der Waals surface area (Å²) >= 11 is 0. The minimum atomic E-state index is 0.578. The number of rotatable bonds is 6. The van der Waals surface area contributed by atoms with E-state index in [2.05, 4.69) is 162 Å². The molecule has 0 aliphatic carbocycles. The number of aromatic nitrogens is 5. The van der Waals surface area contributed by atoms with Gasteiger partial charge in [-0.05, 0) is 75.8 Å². The second-order valence-electron chi connectivity index (χ2n) is 15.0. The molecule has 12 rings (SSSR count). The van der Waals surface area contributed by atoms with Crippen molar-refractivity contribution >= 4 is 54.5 Å². The van der Waals surface area contributed by atoms with E-state index in [1.165, 1.54) is 5.39 Å². The lowest BCUT2D eigenvalue weighted by Crippen LogP contribution is -2.01. The Balaban J connectivity index is 1.09. The summed E-state index contributed by atoms with van der Waals surface area (Å²) in [5, 5.41) is 6.68. The molecular weight excluding hydrogens is 735 g/mol. The number of nitrogens with zero attached hydrogens (tertiary/aromatic N) is 5. The van der Waals surface area contributed by atoms with Crippen LogP contribution in [0.15, 0.2) is 205 Å². The number of oxazole rings is 1. The van der Waals surface area contributed by atoms with Crippen molar-refractivity contribution in [3.8, 4) is 62.4 Å². The van der Waals surface area contributed by atoms with Crippen molar-refractivity contribution in [2.24, 2.45) is 0 Å². The highest BCUT2D eigenvalue weighted by Gasteiger charge is 2.21. The molecule has 0 unspecified atom stereocenters. The fourth-order valence-electron chi connectivity index (χ4n) is 8.64. The van der Waals surface area contributed by atoms with E-state index in [4.69, 9.17) is 24.4 Å². The smallest absolute Gasteiger partial charge is 0.227 e. The van der Waals surface area contributed by atoms with Gasteiger partial charge in [-0.15, -0.1) is 0 Å². The van der Waals surface area contributed by atoms with Crippen LogP contribution < -0.4 is 0 Å². The van der Waals surface area contributed by atoms with Gasteiger partial charge in [-0.1, -0.05) is 152 Å². The zero-order valence-corrected chi connectivity index (χ0v) is 32.2. The lowest BCUT2D eigenvalue weighted by molar-refractivity contribution is 0.623. The summed E-state index contributed by atoms with van der Waals surface area (Å²) in [6.45, 7) is 0. The van der Waals surface area contributed by atoms with Crippen LogP contribution in [0.3, 0.4) is 0 Å². The Kier molecular flexibility index (Phi) is 7.74. The molecule has 0 N–H and O–H groups in total.